The van der Waals surface area contributed by atoms with E-state index in [0.717, 1.165) is 9.80 Å². The molecule has 0 aliphatic carbocycles. The summed E-state index contributed by atoms with van der Waals surface area (Å²) in [4.78, 5) is 51.9. The van der Waals surface area contributed by atoms with Crippen LogP contribution >= 0.6 is 0 Å². The topological polar surface area (TPSA) is 101 Å². The van der Waals surface area contributed by atoms with Crippen LogP contribution in [0, 0.1) is 5.41 Å². The van der Waals surface area contributed by atoms with Gasteiger partial charge < -0.3 is 5.73 Å². The van der Waals surface area contributed by atoms with Crippen molar-refractivity contribution in [3.05, 3.63) is 61.2 Å². The molecule has 7 nitrogen and oxygen atoms in total. The molecule has 0 radical (unpaired) electrons. The van der Waals surface area contributed by atoms with Crippen molar-refractivity contribution in [1.29, 1.82) is 0 Å². The van der Waals surface area contributed by atoms with Crippen LogP contribution in [0.2, 0.25) is 0 Å². The molecule has 1 heterocycles. The molecule has 2 rings (SSSR count). The molecule has 0 unspecified atom stereocenters. The smallest absolute Gasteiger partial charge is 0.334 e. The number of barbiturate groups is 1. The number of primary amides is 1. The third kappa shape index (κ3) is 3.42. The molecule has 0 saturated carbocycles. The molecule has 1 saturated heterocycles. The maximum atomic E-state index is 13.1. The molecule has 0 aromatic heterocycles. The highest BCUT2D eigenvalue weighted by Gasteiger charge is 2.56. The molecule has 2 N–H and O–H groups in total. The molecular weight excluding hydrogens is 334 g/mol. The predicted octanol–water partition coefficient (Wildman–Crippen LogP) is 1.60. The number of imide groups is 2. The van der Waals surface area contributed by atoms with Crippen LogP contribution < -0.4 is 5.73 Å². The summed E-state index contributed by atoms with van der Waals surface area (Å²) in [6.07, 6.45) is 2.92. The monoisotopic (exact) mass is 355 g/mol. The number of hydrogen-bond donors (Lipinski definition) is 1. The molecule has 1 aromatic carbocycles. The van der Waals surface area contributed by atoms with Crippen molar-refractivity contribution in [3.8, 4) is 0 Å². The Labute approximate surface area is 151 Å². The first-order valence-corrected chi connectivity index (χ1v) is 8.09. The lowest BCUT2D eigenvalue weighted by atomic mass is 9.76. The summed E-state index contributed by atoms with van der Waals surface area (Å²) < 4.78 is 0. The number of allylic oxidation sites excluding steroid dienone is 2. The van der Waals surface area contributed by atoms with Crippen molar-refractivity contribution >= 4 is 23.8 Å². The third-order valence-corrected chi connectivity index (χ3v) is 4.25. The Morgan fingerprint density at radius 1 is 1.00 bits per heavy atom. The molecule has 1 aliphatic heterocycles. The number of nitrogens with two attached hydrogens (primary N) is 1. The standard InChI is InChI=1S/C19H21N3O4/c1-3-10-19(11-4-2)16(24)21(12-14-8-6-5-7-9-14)18(26)22(17(19)25)13-15(20)23/h3-9H,1-2,10-13H2,(H2,20,23). The fraction of sp³-hybridized carbons (Fsp3) is 0.263. The summed E-state index contributed by atoms with van der Waals surface area (Å²) in [5.74, 6) is -2.22. The lowest BCUT2D eigenvalue weighted by molar-refractivity contribution is -0.160. The second-order valence-corrected chi connectivity index (χ2v) is 6.08. The van der Waals surface area contributed by atoms with E-state index in [4.69, 9.17) is 5.73 Å². The minimum atomic E-state index is -1.55. The number of rotatable bonds is 8. The quantitative estimate of drug-likeness (QED) is 0.565. The summed E-state index contributed by atoms with van der Waals surface area (Å²) in [7, 11) is 0. The summed E-state index contributed by atoms with van der Waals surface area (Å²) in [6, 6.07) is 8.04. The number of amides is 5. The Balaban J connectivity index is 2.51. The maximum absolute atomic E-state index is 13.1. The van der Waals surface area contributed by atoms with Gasteiger partial charge in [0, 0.05) is 0 Å². The van der Waals surface area contributed by atoms with Crippen molar-refractivity contribution in [1.82, 2.24) is 9.80 Å². The van der Waals surface area contributed by atoms with Crippen LogP contribution in [0.4, 0.5) is 4.79 Å². The molecule has 0 bridgehead atoms. The van der Waals surface area contributed by atoms with Gasteiger partial charge in [-0.25, -0.2) is 4.79 Å². The Morgan fingerprint density at radius 3 is 2.04 bits per heavy atom. The van der Waals surface area contributed by atoms with Crippen molar-refractivity contribution < 1.29 is 19.2 Å². The molecule has 5 amide bonds. The number of carbonyl (C=O) groups excluding carboxylic acids is 4. The average molecular weight is 355 g/mol. The van der Waals surface area contributed by atoms with Gasteiger partial charge in [-0.1, -0.05) is 42.5 Å². The van der Waals surface area contributed by atoms with Crippen molar-refractivity contribution in [2.75, 3.05) is 6.54 Å². The molecule has 26 heavy (non-hydrogen) atoms. The van der Waals surface area contributed by atoms with Crippen LogP contribution in [-0.2, 0) is 20.9 Å². The number of urea groups is 1. The minimum Gasteiger partial charge on any atom is -0.368 e. The highest BCUT2D eigenvalue weighted by atomic mass is 16.2. The van der Waals surface area contributed by atoms with Gasteiger partial charge in [-0.3, -0.25) is 24.2 Å². The van der Waals surface area contributed by atoms with E-state index >= 15 is 0 Å². The molecule has 0 atom stereocenters. The molecule has 136 valence electrons. The van der Waals surface area contributed by atoms with E-state index in [1.807, 2.05) is 6.07 Å². The Hall–Kier alpha value is -3.22. The number of nitrogens with zero attached hydrogens (tertiary/aromatic N) is 2. The van der Waals surface area contributed by atoms with Gasteiger partial charge in [0.1, 0.15) is 12.0 Å². The number of hydrogen-bond acceptors (Lipinski definition) is 4. The second-order valence-electron chi connectivity index (χ2n) is 6.08. The highest BCUT2D eigenvalue weighted by Crippen LogP contribution is 2.37. The van der Waals surface area contributed by atoms with Crippen LogP contribution in [0.25, 0.3) is 0 Å². The van der Waals surface area contributed by atoms with E-state index in [-0.39, 0.29) is 19.4 Å². The van der Waals surface area contributed by atoms with E-state index in [1.165, 1.54) is 12.2 Å². The van der Waals surface area contributed by atoms with Gasteiger partial charge in [0.05, 0.1) is 6.54 Å². The van der Waals surface area contributed by atoms with Crippen LogP contribution in [0.15, 0.2) is 55.6 Å². The summed E-state index contributed by atoms with van der Waals surface area (Å²) in [6.45, 7) is 6.62. The Morgan fingerprint density at radius 2 is 1.54 bits per heavy atom. The molecule has 1 aromatic rings. The predicted molar refractivity (Wildman–Crippen MR) is 95.4 cm³/mol. The van der Waals surface area contributed by atoms with E-state index in [0.29, 0.717) is 5.56 Å². The lowest BCUT2D eigenvalue weighted by Gasteiger charge is -2.43. The first-order chi connectivity index (χ1) is 12.4. The van der Waals surface area contributed by atoms with Gasteiger partial charge in [0.2, 0.25) is 17.7 Å². The maximum Gasteiger partial charge on any atom is 0.334 e. The SMILES string of the molecule is C=CCC1(CC=C)C(=O)N(CC(N)=O)C(=O)N(Cc2ccccc2)C1=O. The van der Waals surface area contributed by atoms with Crippen molar-refractivity contribution in [3.63, 3.8) is 0 Å². The highest BCUT2D eigenvalue weighted by molar-refractivity contribution is 6.20. The fourth-order valence-electron chi connectivity index (χ4n) is 3.05. The van der Waals surface area contributed by atoms with Gasteiger partial charge >= 0.3 is 6.03 Å². The Kier molecular flexibility index (Phi) is 5.71. The van der Waals surface area contributed by atoms with Crippen molar-refractivity contribution in [2.24, 2.45) is 11.1 Å². The molecule has 1 aliphatic rings. The first kappa shape index (κ1) is 19.1. The summed E-state index contributed by atoms with van der Waals surface area (Å²) >= 11 is 0. The average Bonchev–Trinajstić information content (AvgIpc) is 2.62. The largest absolute Gasteiger partial charge is 0.368 e. The second kappa shape index (κ2) is 7.77. The van der Waals surface area contributed by atoms with E-state index < -0.39 is 35.7 Å². The summed E-state index contributed by atoms with van der Waals surface area (Å²) in [5, 5.41) is 0. The van der Waals surface area contributed by atoms with Gasteiger partial charge in [-0.2, -0.15) is 0 Å². The van der Waals surface area contributed by atoms with E-state index in [1.54, 1.807) is 24.3 Å². The third-order valence-electron chi connectivity index (χ3n) is 4.25. The number of benzene rings is 1. The van der Waals surface area contributed by atoms with Crippen molar-refractivity contribution in [2.45, 2.75) is 19.4 Å². The zero-order valence-corrected chi connectivity index (χ0v) is 14.4. The normalized spacial score (nSPS) is 16.5. The molecule has 7 heteroatoms. The summed E-state index contributed by atoms with van der Waals surface area (Å²) in [5.41, 5.74) is 4.35. The van der Waals surface area contributed by atoms with E-state index in [9.17, 15) is 19.2 Å². The first-order valence-electron chi connectivity index (χ1n) is 8.09. The van der Waals surface area contributed by atoms with Crippen LogP contribution in [0.3, 0.4) is 0 Å². The van der Waals surface area contributed by atoms with Crippen LogP contribution in [0.5, 0.6) is 0 Å². The minimum absolute atomic E-state index is 0.0168. The van der Waals surface area contributed by atoms with Gasteiger partial charge in [0.15, 0.2) is 0 Å². The molecule has 1 fully saturated rings. The van der Waals surface area contributed by atoms with Gasteiger partial charge in [-0.15, -0.1) is 13.2 Å². The zero-order chi connectivity index (χ0) is 19.3. The van der Waals surface area contributed by atoms with E-state index in [2.05, 4.69) is 13.2 Å². The Bertz CT molecular complexity index is 747. The zero-order valence-electron chi connectivity index (χ0n) is 14.4. The van der Waals surface area contributed by atoms with Gasteiger partial charge in [0.25, 0.3) is 0 Å². The number of carbonyl (C=O) groups is 4. The van der Waals surface area contributed by atoms with Gasteiger partial charge in [-0.05, 0) is 18.4 Å². The molecular formula is C19H21N3O4. The molecule has 0 spiro atoms. The lowest BCUT2D eigenvalue weighted by Crippen LogP contribution is -2.65. The fourth-order valence-corrected chi connectivity index (χ4v) is 3.05. The van der Waals surface area contributed by atoms with Crippen LogP contribution in [0.1, 0.15) is 18.4 Å². The van der Waals surface area contributed by atoms with Crippen LogP contribution in [-0.4, -0.2) is 40.1 Å².